The Morgan fingerprint density at radius 3 is 0.868 bits per heavy atom. The van der Waals surface area contributed by atoms with E-state index < -0.39 is 0 Å². The molecule has 0 aliphatic carbocycles. The van der Waals surface area contributed by atoms with Crippen LogP contribution in [0.25, 0.3) is 97.0 Å². The lowest BCUT2D eigenvalue weighted by molar-refractivity contribution is 1.29. The Morgan fingerprint density at radius 2 is 0.456 bits per heavy atom. The predicted octanol–water partition coefficient (Wildman–Crippen LogP) is 19.0. The molecule has 14 aromatic rings. The van der Waals surface area contributed by atoms with Gasteiger partial charge in [0.1, 0.15) is 0 Å². The molecule has 0 N–H and O–H groups in total. The standard InChI is InChI=1S/C66H42N2/c1-3-19-51(20-4-1)67(53-29-27-47-35-43-15-7-9-17-45(43)37-49(47)39-53)55-31-33-61-63(41-55)57-23-11-13-25-59(57)66-62-34-32-56(42-64(62)58-24-12-14-26-60(58)65(61)66)68(52-21-5-2-6-22-52)54-30-28-48-36-44-16-8-10-18-46(44)38-50(48)40-54/h1-42H. The van der Waals surface area contributed by atoms with E-state index in [1.807, 2.05) is 0 Å². The lowest BCUT2D eigenvalue weighted by Gasteiger charge is -2.27. The molecule has 0 amide bonds. The highest BCUT2D eigenvalue weighted by Crippen LogP contribution is 2.48. The molecule has 0 atom stereocenters. The monoisotopic (exact) mass is 862 g/mol. The number of benzene rings is 14. The van der Waals surface area contributed by atoms with E-state index in [0.717, 1.165) is 34.1 Å². The molecule has 0 bridgehead atoms. The molecule has 2 nitrogen and oxygen atoms in total. The Bertz CT molecular complexity index is 4050. The van der Waals surface area contributed by atoms with Gasteiger partial charge in [0.25, 0.3) is 0 Å². The minimum atomic E-state index is 1.12. The predicted molar refractivity (Wildman–Crippen MR) is 293 cm³/mol. The SMILES string of the molecule is c1ccc(N(c2ccc3cc4ccccc4cc3c2)c2ccc3c(c2)c2ccccc2c2c4ccc(N(c5ccccc5)c5ccc6cc7ccccc7cc6c5)cc4c4ccccc4c32)cc1. The van der Waals surface area contributed by atoms with Gasteiger partial charge in [-0.1, -0.05) is 158 Å². The largest absolute Gasteiger partial charge is 0.310 e. The van der Waals surface area contributed by atoms with E-state index in [1.54, 1.807) is 0 Å². The highest BCUT2D eigenvalue weighted by Gasteiger charge is 2.21. The zero-order chi connectivity index (χ0) is 44.7. The van der Waals surface area contributed by atoms with E-state index in [0.29, 0.717) is 0 Å². The van der Waals surface area contributed by atoms with Gasteiger partial charge in [-0.05, 0) is 194 Å². The van der Waals surface area contributed by atoms with E-state index in [2.05, 4.69) is 265 Å². The molecule has 0 saturated heterocycles. The maximum Gasteiger partial charge on any atom is 0.0468 e. The van der Waals surface area contributed by atoms with E-state index in [9.17, 15) is 0 Å². The van der Waals surface area contributed by atoms with E-state index in [-0.39, 0.29) is 0 Å². The summed E-state index contributed by atoms with van der Waals surface area (Å²) in [5, 5.41) is 22.4. The quantitative estimate of drug-likeness (QED) is 0.121. The van der Waals surface area contributed by atoms with E-state index in [1.165, 1.54) is 97.0 Å². The number of nitrogens with zero attached hydrogens (tertiary/aromatic N) is 2. The van der Waals surface area contributed by atoms with Crippen molar-refractivity contribution in [3.8, 4) is 0 Å². The van der Waals surface area contributed by atoms with Gasteiger partial charge in [0.2, 0.25) is 0 Å². The van der Waals surface area contributed by atoms with Crippen LogP contribution in [-0.4, -0.2) is 0 Å². The highest BCUT2D eigenvalue weighted by molar-refractivity contribution is 6.39. The minimum absolute atomic E-state index is 1.12. The van der Waals surface area contributed by atoms with Crippen LogP contribution < -0.4 is 9.80 Å². The average Bonchev–Trinajstić information content (AvgIpc) is 3.40. The third-order valence-corrected chi connectivity index (χ3v) is 14.2. The molecule has 0 radical (unpaired) electrons. The lowest BCUT2D eigenvalue weighted by atomic mass is 9.87. The molecule has 0 spiro atoms. The van der Waals surface area contributed by atoms with Crippen LogP contribution in [0, 0.1) is 0 Å². The second kappa shape index (κ2) is 15.3. The van der Waals surface area contributed by atoms with Gasteiger partial charge in [0.05, 0.1) is 0 Å². The molecular weight excluding hydrogens is 821 g/mol. The van der Waals surface area contributed by atoms with Crippen molar-refractivity contribution in [2.24, 2.45) is 0 Å². The van der Waals surface area contributed by atoms with Crippen LogP contribution in [0.2, 0.25) is 0 Å². The summed E-state index contributed by atoms with van der Waals surface area (Å²) in [6.45, 7) is 0. The fourth-order valence-electron chi connectivity index (χ4n) is 11.1. The third-order valence-electron chi connectivity index (χ3n) is 14.2. The van der Waals surface area contributed by atoms with Crippen LogP contribution in [0.5, 0.6) is 0 Å². The van der Waals surface area contributed by atoms with Gasteiger partial charge >= 0.3 is 0 Å². The van der Waals surface area contributed by atoms with Gasteiger partial charge in [-0.3, -0.25) is 0 Å². The molecule has 2 heteroatoms. The molecule has 68 heavy (non-hydrogen) atoms. The number of hydrogen-bond acceptors (Lipinski definition) is 2. The average molecular weight is 863 g/mol. The summed E-state index contributed by atoms with van der Waals surface area (Å²) in [6.07, 6.45) is 0. The van der Waals surface area contributed by atoms with Gasteiger partial charge in [0.15, 0.2) is 0 Å². The van der Waals surface area contributed by atoms with Gasteiger partial charge in [-0.15, -0.1) is 0 Å². The summed E-state index contributed by atoms with van der Waals surface area (Å²) < 4.78 is 0. The first-order chi connectivity index (χ1) is 33.7. The molecule has 0 saturated carbocycles. The fraction of sp³-hybridized carbons (Fsp3) is 0. The topological polar surface area (TPSA) is 6.48 Å². The number of hydrogen-bond donors (Lipinski definition) is 0. The molecule has 14 rings (SSSR count). The Morgan fingerprint density at radius 1 is 0.162 bits per heavy atom. The molecule has 0 aliphatic heterocycles. The van der Waals surface area contributed by atoms with E-state index in [4.69, 9.17) is 0 Å². The Hall–Kier alpha value is -8.98. The highest BCUT2D eigenvalue weighted by atomic mass is 15.1. The van der Waals surface area contributed by atoms with Crippen molar-refractivity contribution in [2.75, 3.05) is 9.80 Å². The van der Waals surface area contributed by atoms with Crippen LogP contribution in [0.1, 0.15) is 0 Å². The molecule has 0 aliphatic rings. The lowest BCUT2D eigenvalue weighted by Crippen LogP contribution is -2.10. The molecule has 0 heterocycles. The first-order valence-electron chi connectivity index (χ1n) is 23.5. The maximum atomic E-state index is 2.42. The number of para-hydroxylation sites is 2. The number of rotatable bonds is 6. The Balaban J connectivity index is 0.986. The Labute approximate surface area is 393 Å². The van der Waals surface area contributed by atoms with Gasteiger partial charge in [-0.25, -0.2) is 0 Å². The second-order valence-electron chi connectivity index (χ2n) is 18.1. The molecule has 0 fully saturated rings. The number of fused-ring (bicyclic) bond motifs is 15. The van der Waals surface area contributed by atoms with Crippen molar-refractivity contribution in [2.45, 2.75) is 0 Å². The van der Waals surface area contributed by atoms with E-state index >= 15 is 0 Å². The molecule has 0 unspecified atom stereocenters. The summed E-state index contributed by atoms with van der Waals surface area (Å²) in [5.41, 5.74) is 6.71. The smallest absolute Gasteiger partial charge is 0.0468 e. The number of anilines is 6. The van der Waals surface area contributed by atoms with Crippen molar-refractivity contribution >= 4 is 131 Å². The zero-order valence-corrected chi connectivity index (χ0v) is 37.1. The van der Waals surface area contributed by atoms with Crippen LogP contribution >= 0.6 is 0 Å². The van der Waals surface area contributed by atoms with Crippen LogP contribution in [-0.2, 0) is 0 Å². The molecule has 0 aromatic heterocycles. The molecule has 14 aromatic carbocycles. The van der Waals surface area contributed by atoms with Crippen molar-refractivity contribution < 1.29 is 0 Å². The Kier molecular flexibility index (Phi) is 8.62. The van der Waals surface area contributed by atoms with Gasteiger partial charge in [-0.2, -0.15) is 0 Å². The summed E-state index contributed by atoms with van der Waals surface area (Å²) in [6, 6.07) is 94.0. The fourth-order valence-corrected chi connectivity index (χ4v) is 11.1. The van der Waals surface area contributed by atoms with Gasteiger partial charge in [0, 0.05) is 34.1 Å². The van der Waals surface area contributed by atoms with Crippen molar-refractivity contribution in [3.05, 3.63) is 255 Å². The summed E-state index contributed by atoms with van der Waals surface area (Å²) in [7, 11) is 0. The summed E-state index contributed by atoms with van der Waals surface area (Å²) in [5.74, 6) is 0. The van der Waals surface area contributed by atoms with Crippen LogP contribution in [0.4, 0.5) is 34.1 Å². The van der Waals surface area contributed by atoms with Crippen molar-refractivity contribution in [3.63, 3.8) is 0 Å². The first-order valence-corrected chi connectivity index (χ1v) is 23.5. The minimum Gasteiger partial charge on any atom is -0.310 e. The van der Waals surface area contributed by atoms with Crippen molar-refractivity contribution in [1.82, 2.24) is 0 Å². The van der Waals surface area contributed by atoms with Gasteiger partial charge < -0.3 is 9.80 Å². The summed E-state index contributed by atoms with van der Waals surface area (Å²) in [4.78, 5) is 4.81. The second-order valence-corrected chi connectivity index (χ2v) is 18.1. The molecular formula is C66H42N2. The third kappa shape index (κ3) is 6.12. The zero-order valence-electron chi connectivity index (χ0n) is 37.1. The van der Waals surface area contributed by atoms with Crippen LogP contribution in [0.15, 0.2) is 255 Å². The van der Waals surface area contributed by atoms with Crippen LogP contribution in [0.3, 0.4) is 0 Å². The van der Waals surface area contributed by atoms with Crippen molar-refractivity contribution in [1.29, 1.82) is 0 Å². The normalized spacial score (nSPS) is 11.8. The maximum absolute atomic E-state index is 2.42. The first kappa shape index (κ1) is 38.3. The summed E-state index contributed by atoms with van der Waals surface area (Å²) >= 11 is 0. The molecule has 316 valence electrons.